The molecule has 0 N–H and O–H groups in total. The van der Waals surface area contributed by atoms with Crippen molar-refractivity contribution in [3.05, 3.63) is 27.6 Å². The molecule has 0 saturated carbocycles. The first-order valence-electron chi connectivity index (χ1n) is 6.55. The Morgan fingerprint density at radius 3 is 2.85 bits per heavy atom. The van der Waals surface area contributed by atoms with Gasteiger partial charge in [-0.25, -0.2) is 4.98 Å². The molecule has 0 radical (unpaired) electrons. The summed E-state index contributed by atoms with van der Waals surface area (Å²) in [5.74, 6) is 1.32. The van der Waals surface area contributed by atoms with E-state index in [2.05, 4.69) is 55.2 Å². The molecule has 0 fully saturated rings. The Morgan fingerprint density at radius 2 is 2.15 bits per heavy atom. The van der Waals surface area contributed by atoms with Crippen LogP contribution in [0.5, 0.6) is 0 Å². The molecule has 110 valence electrons. The van der Waals surface area contributed by atoms with Crippen LogP contribution in [0.25, 0.3) is 11.0 Å². The van der Waals surface area contributed by atoms with Crippen molar-refractivity contribution < 1.29 is 4.74 Å². The van der Waals surface area contributed by atoms with E-state index in [0.29, 0.717) is 12.5 Å². The summed E-state index contributed by atoms with van der Waals surface area (Å²) in [4.78, 5) is 6.69. The number of halogens is 2. The minimum Gasteiger partial charge on any atom is -0.378 e. The Balaban J connectivity index is 2.04. The highest BCUT2D eigenvalue weighted by Gasteiger charge is 2.09. The molecule has 2 rings (SSSR count). The third-order valence-electron chi connectivity index (χ3n) is 3.05. The molecular formula is C14H19ClIN3O. The molecule has 0 aliphatic heterocycles. The number of ether oxygens (including phenoxy) is 1. The number of rotatable bonds is 7. The number of likely N-dealkylation sites (N-methyl/N-ethyl adjacent to an activating group) is 1. The van der Waals surface area contributed by atoms with E-state index in [1.165, 1.54) is 3.57 Å². The summed E-state index contributed by atoms with van der Waals surface area (Å²) in [6.07, 6.45) is 0. The summed E-state index contributed by atoms with van der Waals surface area (Å²) in [7, 11) is 4.08. The van der Waals surface area contributed by atoms with Crippen LogP contribution in [0, 0.1) is 3.57 Å². The molecule has 0 atom stereocenters. The van der Waals surface area contributed by atoms with Gasteiger partial charge in [-0.1, -0.05) is 0 Å². The van der Waals surface area contributed by atoms with Crippen molar-refractivity contribution >= 4 is 45.2 Å². The van der Waals surface area contributed by atoms with Crippen molar-refractivity contribution in [3.63, 3.8) is 0 Å². The molecule has 0 aliphatic rings. The Bertz CT molecular complexity index is 571. The average Bonchev–Trinajstić information content (AvgIpc) is 2.75. The lowest BCUT2D eigenvalue weighted by molar-refractivity contribution is 0.111. The number of hydrogen-bond acceptors (Lipinski definition) is 3. The Kier molecular flexibility index (Phi) is 6.07. The summed E-state index contributed by atoms with van der Waals surface area (Å²) in [5.41, 5.74) is 2.12. The fraction of sp³-hybridized carbons (Fsp3) is 0.500. The Morgan fingerprint density at radius 1 is 1.35 bits per heavy atom. The predicted molar refractivity (Wildman–Crippen MR) is 91.4 cm³/mol. The lowest BCUT2D eigenvalue weighted by Crippen LogP contribution is -2.19. The smallest absolute Gasteiger partial charge is 0.124 e. The standard InChI is InChI=1S/C14H19ClIN3O/c1-18(2)5-7-20-8-6-19-13-4-3-11(16)9-12(13)17-14(19)10-15/h3-4,9H,5-8,10H2,1-2H3. The summed E-state index contributed by atoms with van der Waals surface area (Å²) < 4.78 is 8.99. The van der Waals surface area contributed by atoms with E-state index in [1.54, 1.807) is 0 Å². The van der Waals surface area contributed by atoms with Crippen LogP contribution >= 0.6 is 34.2 Å². The molecule has 1 aromatic carbocycles. The number of nitrogens with zero attached hydrogens (tertiary/aromatic N) is 3. The number of fused-ring (bicyclic) bond motifs is 1. The van der Waals surface area contributed by atoms with Gasteiger partial charge in [0.15, 0.2) is 0 Å². The monoisotopic (exact) mass is 407 g/mol. The van der Waals surface area contributed by atoms with Gasteiger partial charge in [0.2, 0.25) is 0 Å². The molecule has 0 bridgehead atoms. The van der Waals surface area contributed by atoms with E-state index in [9.17, 15) is 0 Å². The van der Waals surface area contributed by atoms with Crippen molar-refractivity contribution in [2.45, 2.75) is 12.4 Å². The topological polar surface area (TPSA) is 30.3 Å². The number of benzene rings is 1. The fourth-order valence-electron chi connectivity index (χ4n) is 2.01. The molecule has 6 heteroatoms. The summed E-state index contributed by atoms with van der Waals surface area (Å²) in [5, 5.41) is 0. The van der Waals surface area contributed by atoms with Gasteiger partial charge in [0.25, 0.3) is 0 Å². The normalized spacial score (nSPS) is 11.7. The van der Waals surface area contributed by atoms with Crippen LogP contribution in [0.15, 0.2) is 18.2 Å². The fourth-order valence-corrected chi connectivity index (χ4v) is 2.69. The second kappa shape index (κ2) is 7.59. The van der Waals surface area contributed by atoms with Crippen LogP contribution in [0.3, 0.4) is 0 Å². The molecule has 4 nitrogen and oxygen atoms in total. The quantitative estimate of drug-likeness (QED) is 0.402. The summed E-state index contributed by atoms with van der Waals surface area (Å²) >= 11 is 8.29. The maximum Gasteiger partial charge on any atom is 0.124 e. The van der Waals surface area contributed by atoms with Gasteiger partial charge in [-0.15, -0.1) is 11.6 Å². The molecule has 0 spiro atoms. The molecule has 2 aromatic rings. The first kappa shape index (κ1) is 16.0. The maximum atomic E-state index is 5.99. The van der Waals surface area contributed by atoms with E-state index < -0.39 is 0 Å². The van der Waals surface area contributed by atoms with E-state index in [1.807, 2.05) is 14.1 Å². The highest BCUT2D eigenvalue weighted by Crippen LogP contribution is 2.20. The van der Waals surface area contributed by atoms with Crippen molar-refractivity contribution in [1.29, 1.82) is 0 Å². The van der Waals surface area contributed by atoms with Crippen LogP contribution in [0.4, 0.5) is 0 Å². The lowest BCUT2D eigenvalue weighted by atomic mass is 10.3. The van der Waals surface area contributed by atoms with Crippen molar-refractivity contribution in [3.8, 4) is 0 Å². The molecule has 0 unspecified atom stereocenters. The van der Waals surface area contributed by atoms with E-state index in [4.69, 9.17) is 16.3 Å². The third kappa shape index (κ3) is 4.07. The number of imidazole rings is 1. The van der Waals surface area contributed by atoms with Gasteiger partial charge in [0.1, 0.15) is 5.82 Å². The summed E-state index contributed by atoms with van der Waals surface area (Å²) in [6.45, 7) is 3.14. The van der Waals surface area contributed by atoms with E-state index >= 15 is 0 Å². The molecule has 1 heterocycles. The van der Waals surface area contributed by atoms with Gasteiger partial charge in [-0.3, -0.25) is 0 Å². The molecule has 20 heavy (non-hydrogen) atoms. The zero-order chi connectivity index (χ0) is 14.5. The van der Waals surface area contributed by atoms with Crippen molar-refractivity contribution in [2.75, 3.05) is 33.9 Å². The van der Waals surface area contributed by atoms with Crippen LogP contribution in [0.1, 0.15) is 5.82 Å². The molecule has 1 aromatic heterocycles. The van der Waals surface area contributed by atoms with E-state index in [-0.39, 0.29) is 0 Å². The Hall–Kier alpha value is -0.370. The van der Waals surface area contributed by atoms with Crippen molar-refractivity contribution in [1.82, 2.24) is 14.5 Å². The minimum absolute atomic E-state index is 0.420. The van der Waals surface area contributed by atoms with E-state index in [0.717, 1.165) is 36.6 Å². The second-order valence-electron chi connectivity index (χ2n) is 4.86. The zero-order valence-corrected chi connectivity index (χ0v) is 14.7. The third-order valence-corrected chi connectivity index (χ3v) is 3.96. The number of alkyl halides is 1. The van der Waals surface area contributed by atoms with Crippen LogP contribution < -0.4 is 0 Å². The highest BCUT2D eigenvalue weighted by atomic mass is 127. The average molecular weight is 408 g/mol. The minimum atomic E-state index is 0.420. The molecular weight excluding hydrogens is 389 g/mol. The van der Waals surface area contributed by atoms with Gasteiger partial charge in [-0.05, 0) is 54.9 Å². The molecule has 0 saturated heterocycles. The molecule has 0 aliphatic carbocycles. The maximum absolute atomic E-state index is 5.99. The largest absolute Gasteiger partial charge is 0.378 e. The zero-order valence-electron chi connectivity index (χ0n) is 11.8. The number of hydrogen-bond donors (Lipinski definition) is 0. The van der Waals surface area contributed by atoms with Crippen LogP contribution in [-0.2, 0) is 17.2 Å². The van der Waals surface area contributed by atoms with Crippen molar-refractivity contribution in [2.24, 2.45) is 0 Å². The van der Waals surface area contributed by atoms with Gasteiger partial charge < -0.3 is 14.2 Å². The van der Waals surface area contributed by atoms with Crippen LogP contribution in [-0.4, -0.2) is 48.3 Å². The molecule has 0 amide bonds. The van der Waals surface area contributed by atoms with Crippen LogP contribution in [0.2, 0.25) is 0 Å². The SMILES string of the molecule is CN(C)CCOCCn1c(CCl)nc2cc(I)ccc21. The lowest BCUT2D eigenvalue weighted by Gasteiger charge is -2.11. The first-order chi connectivity index (χ1) is 9.61. The second-order valence-corrected chi connectivity index (χ2v) is 6.37. The first-order valence-corrected chi connectivity index (χ1v) is 8.16. The summed E-state index contributed by atoms with van der Waals surface area (Å²) in [6, 6.07) is 6.27. The Labute approximate surface area is 138 Å². The number of aromatic nitrogens is 2. The van der Waals surface area contributed by atoms with Gasteiger partial charge in [0.05, 0.1) is 30.1 Å². The highest BCUT2D eigenvalue weighted by molar-refractivity contribution is 14.1. The predicted octanol–water partition coefficient (Wildman–Crippen LogP) is 2.96. The van der Waals surface area contributed by atoms with Gasteiger partial charge >= 0.3 is 0 Å². The van der Waals surface area contributed by atoms with Gasteiger partial charge in [0, 0.05) is 16.7 Å². The van der Waals surface area contributed by atoms with Gasteiger partial charge in [-0.2, -0.15) is 0 Å².